The van der Waals surface area contributed by atoms with E-state index < -0.39 is 10.0 Å². The van der Waals surface area contributed by atoms with Crippen LogP contribution in [-0.4, -0.2) is 39.3 Å². The van der Waals surface area contributed by atoms with Gasteiger partial charge in [0, 0.05) is 25.4 Å². The van der Waals surface area contributed by atoms with Gasteiger partial charge in [0.15, 0.2) is 5.82 Å². The Hall–Kier alpha value is -3.34. The number of primary sulfonamides is 1. The zero-order chi connectivity index (χ0) is 22.4. The Balaban J connectivity index is 1.50. The molecule has 0 amide bonds. The van der Waals surface area contributed by atoms with Crippen molar-refractivity contribution >= 4 is 10.0 Å². The molecule has 10 heteroatoms. The minimum absolute atomic E-state index is 0.0602. The van der Waals surface area contributed by atoms with Crippen molar-refractivity contribution in [3.05, 3.63) is 90.5 Å². The van der Waals surface area contributed by atoms with Crippen LogP contribution in [0.15, 0.2) is 78.2 Å². The number of sulfonamides is 1. The van der Waals surface area contributed by atoms with Gasteiger partial charge in [-0.3, -0.25) is 0 Å². The van der Waals surface area contributed by atoms with Crippen LogP contribution in [0.1, 0.15) is 23.6 Å². The molecule has 0 spiro atoms. The summed E-state index contributed by atoms with van der Waals surface area (Å²) in [6, 6.07) is 16.3. The molecule has 0 aliphatic carbocycles. The summed E-state index contributed by atoms with van der Waals surface area (Å²) < 4.78 is 26.9. The number of nitrogens with two attached hydrogens (primary N) is 1. The van der Waals surface area contributed by atoms with Crippen LogP contribution in [0.4, 0.5) is 0 Å². The monoisotopic (exact) mass is 451 g/mol. The van der Waals surface area contributed by atoms with E-state index in [4.69, 9.17) is 10.1 Å². The van der Waals surface area contributed by atoms with Gasteiger partial charge < -0.3 is 9.88 Å². The molecule has 0 unspecified atom stereocenters. The predicted molar refractivity (Wildman–Crippen MR) is 121 cm³/mol. The first-order valence-corrected chi connectivity index (χ1v) is 11.8. The number of imidazole rings is 1. The molecule has 2 aromatic heterocycles. The largest absolute Gasteiger partial charge is 0.337 e. The second kappa shape index (κ2) is 9.86. The summed E-state index contributed by atoms with van der Waals surface area (Å²) in [5.74, 6) is 1.45. The highest BCUT2D eigenvalue weighted by Crippen LogP contribution is 2.15. The molecule has 0 saturated heterocycles. The summed E-state index contributed by atoms with van der Waals surface area (Å²) in [5, 5.41) is 13.3. The minimum Gasteiger partial charge on any atom is -0.337 e. The van der Waals surface area contributed by atoms with E-state index in [-0.39, 0.29) is 4.90 Å². The van der Waals surface area contributed by atoms with Gasteiger partial charge in [0.1, 0.15) is 5.82 Å². The summed E-state index contributed by atoms with van der Waals surface area (Å²) in [6.07, 6.45) is 7.07. The molecule has 0 fully saturated rings. The van der Waals surface area contributed by atoms with E-state index in [9.17, 15) is 8.42 Å². The van der Waals surface area contributed by atoms with Gasteiger partial charge in [-0.15, -0.1) is 0 Å². The molecule has 0 atom stereocenters. The molecule has 0 bridgehead atoms. The molecule has 0 aliphatic rings. The second-order valence-electron chi connectivity index (χ2n) is 7.39. The van der Waals surface area contributed by atoms with Crippen molar-refractivity contribution in [2.75, 3.05) is 6.54 Å². The van der Waals surface area contributed by atoms with Gasteiger partial charge in [0.2, 0.25) is 10.0 Å². The Labute approximate surface area is 187 Å². The lowest BCUT2D eigenvalue weighted by Gasteiger charge is -2.08. The van der Waals surface area contributed by atoms with Crippen LogP contribution in [0.2, 0.25) is 0 Å². The van der Waals surface area contributed by atoms with Gasteiger partial charge in [-0.25, -0.2) is 28.2 Å². The topological polar surface area (TPSA) is 121 Å². The van der Waals surface area contributed by atoms with Crippen molar-refractivity contribution in [1.29, 1.82) is 0 Å². The van der Waals surface area contributed by atoms with E-state index >= 15 is 0 Å². The molecular formula is C22H25N7O2S. The number of aryl methyl sites for hydroxylation is 1. The first kappa shape index (κ1) is 21.9. The maximum absolute atomic E-state index is 11.6. The van der Waals surface area contributed by atoms with Crippen molar-refractivity contribution in [3.63, 3.8) is 0 Å². The van der Waals surface area contributed by atoms with E-state index in [0.29, 0.717) is 18.8 Å². The van der Waals surface area contributed by atoms with E-state index in [1.807, 2.05) is 41.1 Å². The molecule has 166 valence electrons. The number of hydrogen-bond donors (Lipinski definition) is 2. The summed E-state index contributed by atoms with van der Waals surface area (Å²) in [7, 11) is -3.75. The van der Waals surface area contributed by atoms with Crippen LogP contribution in [-0.2, 0) is 29.5 Å². The fraction of sp³-hybridized carbons (Fsp3) is 0.227. The molecule has 0 aliphatic heterocycles. The molecule has 3 N–H and O–H groups in total. The lowest BCUT2D eigenvalue weighted by Crippen LogP contribution is -2.19. The Morgan fingerprint density at radius 3 is 2.50 bits per heavy atom. The molecule has 0 saturated carbocycles. The van der Waals surface area contributed by atoms with Crippen LogP contribution in [0.3, 0.4) is 0 Å². The van der Waals surface area contributed by atoms with Gasteiger partial charge in [-0.2, -0.15) is 5.10 Å². The van der Waals surface area contributed by atoms with Gasteiger partial charge in [0.25, 0.3) is 0 Å². The summed E-state index contributed by atoms with van der Waals surface area (Å²) in [6.45, 7) is 2.22. The Morgan fingerprint density at radius 2 is 1.81 bits per heavy atom. The zero-order valence-corrected chi connectivity index (χ0v) is 18.3. The second-order valence-corrected chi connectivity index (χ2v) is 8.95. The normalized spacial score (nSPS) is 11.7. The van der Waals surface area contributed by atoms with Crippen LogP contribution in [0.25, 0.3) is 5.69 Å². The summed E-state index contributed by atoms with van der Waals surface area (Å²) >= 11 is 0. The minimum atomic E-state index is -3.75. The molecule has 0 radical (unpaired) electrons. The highest BCUT2D eigenvalue weighted by Gasteiger charge is 2.14. The third-order valence-corrected chi connectivity index (χ3v) is 5.87. The number of nitrogens with zero attached hydrogens (tertiary/aromatic N) is 5. The van der Waals surface area contributed by atoms with Crippen molar-refractivity contribution in [3.8, 4) is 5.69 Å². The fourth-order valence-electron chi connectivity index (χ4n) is 3.35. The quantitative estimate of drug-likeness (QED) is 0.355. The number of rotatable bonds is 10. The Kier molecular flexibility index (Phi) is 6.74. The number of nitrogens with one attached hydrogen (secondary N) is 1. The number of hydrogen-bond acceptors (Lipinski definition) is 6. The highest BCUT2D eigenvalue weighted by atomic mass is 32.2. The number of benzene rings is 2. The molecular weight excluding hydrogens is 426 g/mol. The standard InChI is InChI=1S/C22H25N7O2S/c23-32(30,31)20-9-7-19(8-10-20)29-22(16-24-11-4-13-28-14-12-25-17-28)26-21(27-29)15-18-5-2-1-3-6-18/h1-3,5-10,12,14,17,24H,4,11,13,15-16H2,(H2,23,30,31). The summed E-state index contributed by atoms with van der Waals surface area (Å²) in [4.78, 5) is 8.84. The smallest absolute Gasteiger partial charge is 0.238 e. The molecule has 2 heterocycles. The molecule has 4 aromatic rings. The van der Waals surface area contributed by atoms with E-state index in [2.05, 4.69) is 15.4 Å². The maximum Gasteiger partial charge on any atom is 0.238 e. The first-order chi connectivity index (χ1) is 15.5. The highest BCUT2D eigenvalue weighted by molar-refractivity contribution is 7.89. The lowest BCUT2D eigenvalue weighted by molar-refractivity contribution is 0.566. The van der Waals surface area contributed by atoms with Crippen LogP contribution in [0.5, 0.6) is 0 Å². The lowest BCUT2D eigenvalue weighted by atomic mass is 10.1. The average Bonchev–Trinajstić information content (AvgIpc) is 3.44. The van der Waals surface area contributed by atoms with Crippen molar-refractivity contribution in [2.24, 2.45) is 5.14 Å². The van der Waals surface area contributed by atoms with Crippen LogP contribution >= 0.6 is 0 Å². The first-order valence-electron chi connectivity index (χ1n) is 10.3. The Bertz CT molecular complexity index is 1240. The van der Waals surface area contributed by atoms with Crippen molar-refractivity contribution in [1.82, 2.24) is 29.6 Å². The van der Waals surface area contributed by atoms with Gasteiger partial charge >= 0.3 is 0 Å². The fourth-order valence-corrected chi connectivity index (χ4v) is 3.86. The van der Waals surface area contributed by atoms with Gasteiger partial charge in [-0.1, -0.05) is 30.3 Å². The third kappa shape index (κ3) is 5.67. The van der Waals surface area contributed by atoms with Crippen LogP contribution < -0.4 is 10.5 Å². The van der Waals surface area contributed by atoms with E-state index in [0.717, 1.165) is 36.6 Å². The predicted octanol–water partition coefficient (Wildman–Crippen LogP) is 1.88. The summed E-state index contributed by atoms with van der Waals surface area (Å²) in [5.41, 5.74) is 1.84. The van der Waals surface area contributed by atoms with E-state index in [1.165, 1.54) is 12.1 Å². The van der Waals surface area contributed by atoms with Gasteiger partial charge in [0.05, 0.1) is 23.5 Å². The average molecular weight is 452 g/mol. The maximum atomic E-state index is 11.6. The SMILES string of the molecule is NS(=O)(=O)c1ccc(-n2nc(Cc3ccccc3)nc2CNCCCn2ccnc2)cc1. The molecule has 4 rings (SSSR count). The molecule has 32 heavy (non-hydrogen) atoms. The molecule has 9 nitrogen and oxygen atoms in total. The van der Waals surface area contributed by atoms with Crippen LogP contribution in [0, 0.1) is 0 Å². The van der Waals surface area contributed by atoms with Crippen molar-refractivity contribution in [2.45, 2.75) is 30.8 Å². The molecule has 2 aromatic carbocycles. The third-order valence-electron chi connectivity index (χ3n) is 4.95. The van der Waals surface area contributed by atoms with E-state index in [1.54, 1.807) is 29.3 Å². The Morgan fingerprint density at radius 1 is 1.03 bits per heavy atom. The van der Waals surface area contributed by atoms with Crippen molar-refractivity contribution < 1.29 is 8.42 Å². The number of aromatic nitrogens is 5. The van der Waals surface area contributed by atoms with Gasteiger partial charge in [-0.05, 0) is 42.8 Å². The zero-order valence-electron chi connectivity index (χ0n) is 17.5.